The zero-order valence-corrected chi connectivity index (χ0v) is 10.6. The van der Waals surface area contributed by atoms with Crippen LogP contribution in [0.15, 0.2) is 23.1 Å². The van der Waals surface area contributed by atoms with Gasteiger partial charge in [-0.1, -0.05) is 25.3 Å². The molecule has 0 amide bonds. The van der Waals surface area contributed by atoms with Gasteiger partial charge < -0.3 is 5.73 Å². The van der Waals surface area contributed by atoms with Crippen molar-refractivity contribution >= 4 is 16.5 Å². The van der Waals surface area contributed by atoms with Crippen LogP contribution in [-0.4, -0.2) is 9.46 Å². The molecule has 1 saturated carbocycles. The summed E-state index contributed by atoms with van der Waals surface area (Å²) in [7, 11) is -0.915. The van der Waals surface area contributed by atoms with Gasteiger partial charge in [-0.15, -0.1) is 0 Å². The maximum absolute atomic E-state index is 12.4. The Hall–Kier alpha value is -0.830. The lowest BCUT2D eigenvalue weighted by atomic mass is 10.0. The van der Waals surface area contributed by atoms with Crippen molar-refractivity contribution in [3.63, 3.8) is 0 Å². The second-order valence-corrected chi connectivity index (χ2v) is 6.30. The number of aryl methyl sites for hydroxylation is 1. The third kappa shape index (κ3) is 2.46. The number of nitrogen functional groups attached to an aromatic ring is 1. The Labute approximate surface area is 99.7 Å². The maximum Gasteiger partial charge on any atom is 0.0620 e. The number of hydrogen-bond acceptors (Lipinski definition) is 2. The summed E-state index contributed by atoms with van der Waals surface area (Å²) in [6, 6.07) is 5.83. The fraction of sp³-hybridized carbons (Fsp3) is 0.538. The Morgan fingerprint density at radius 3 is 2.56 bits per heavy atom. The van der Waals surface area contributed by atoms with E-state index in [2.05, 4.69) is 0 Å². The zero-order valence-electron chi connectivity index (χ0n) is 9.74. The van der Waals surface area contributed by atoms with Gasteiger partial charge in [0.05, 0.1) is 15.7 Å². The highest BCUT2D eigenvalue weighted by Crippen LogP contribution is 2.28. The van der Waals surface area contributed by atoms with E-state index in [4.69, 9.17) is 5.73 Å². The lowest BCUT2D eigenvalue weighted by Crippen LogP contribution is -2.19. The molecule has 0 heterocycles. The minimum Gasteiger partial charge on any atom is -0.398 e. The Balaban J connectivity index is 2.19. The molecule has 3 heteroatoms. The monoisotopic (exact) mass is 237 g/mol. The maximum atomic E-state index is 12.4. The van der Waals surface area contributed by atoms with Crippen molar-refractivity contribution in [1.82, 2.24) is 0 Å². The smallest absolute Gasteiger partial charge is 0.0620 e. The van der Waals surface area contributed by atoms with Crippen LogP contribution in [0.4, 0.5) is 5.69 Å². The Morgan fingerprint density at radius 2 is 1.94 bits per heavy atom. The summed E-state index contributed by atoms with van der Waals surface area (Å²) in [5.41, 5.74) is 7.75. The molecular formula is C13H19NOS. The second-order valence-electron chi connectivity index (χ2n) is 4.60. The number of nitrogens with two attached hydrogens (primary N) is 1. The van der Waals surface area contributed by atoms with Crippen LogP contribution in [-0.2, 0) is 10.8 Å². The molecule has 2 rings (SSSR count). The third-order valence-corrected chi connectivity index (χ3v) is 5.12. The number of hydrogen-bond donors (Lipinski definition) is 1. The van der Waals surface area contributed by atoms with Crippen molar-refractivity contribution in [2.45, 2.75) is 49.2 Å². The molecule has 0 spiro atoms. The lowest BCUT2D eigenvalue weighted by Gasteiger charge is -2.21. The number of rotatable bonds is 2. The molecule has 0 radical (unpaired) electrons. The van der Waals surface area contributed by atoms with E-state index in [1.807, 2.05) is 25.1 Å². The molecule has 1 atom stereocenters. The Kier molecular flexibility index (Phi) is 3.64. The molecule has 0 aromatic heterocycles. The van der Waals surface area contributed by atoms with Crippen LogP contribution in [0.2, 0.25) is 0 Å². The summed E-state index contributed by atoms with van der Waals surface area (Å²) in [5, 5.41) is 0.318. The van der Waals surface area contributed by atoms with Gasteiger partial charge in [0.25, 0.3) is 0 Å². The molecule has 0 bridgehead atoms. The SMILES string of the molecule is Cc1ccc(S(=O)C2CCCCC2)c(N)c1. The molecule has 0 aliphatic heterocycles. The predicted octanol–water partition coefficient (Wildman–Crippen LogP) is 3.02. The highest BCUT2D eigenvalue weighted by Gasteiger charge is 2.22. The highest BCUT2D eigenvalue weighted by atomic mass is 32.2. The molecule has 1 aliphatic carbocycles. The zero-order chi connectivity index (χ0) is 11.5. The first kappa shape index (κ1) is 11.6. The van der Waals surface area contributed by atoms with E-state index in [9.17, 15) is 4.21 Å². The van der Waals surface area contributed by atoms with Crippen LogP contribution in [0, 0.1) is 6.92 Å². The molecule has 1 unspecified atom stereocenters. The van der Waals surface area contributed by atoms with E-state index in [0.717, 1.165) is 23.3 Å². The van der Waals surface area contributed by atoms with Gasteiger partial charge in [-0.05, 0) is 37.5 Å². The topological polar surface area (TPSA) is 43.1 Å². The first-order valence-corrected chi connectivity index (χ1v) is 7.16. The fourth-order valence-corrected chi connectivity index (χ4v) is 3.92. The average Bonchev–Trinajstić information content (AvgIpc) is 2.29. The molecule has 2 N–H and O–H groups in total. The first-order valence-electron chi connectivity index (χ1n) is 5.95. The molecular weight excluding hydrogens is 218 g/mol. The molecule has 0 saturated heterocycles. The minimum absolute atomic E-state index is 0.318. The van der Waals surface area contributed by atoms with Gasteiger partial charge in [-0.25, -0.2) is 0 Å². The molecule has 1 aromatic rings. The van der Waals surface area contributed by atoms with Gasteiger partial charge in [0.2, 0.25) is 0 Å². The summed E-state index contributed by atoms with van der Waals surface area (Å²) >= 11 is 0. The number of anilines is 1. The summed E-state index contributed by atoms with van der Waals surface area (Å²) in [6.07, 6.45) is 5.88. The van der Waals surface area contributed by atoms with Crippen LogP contribution in [0.1, 0.15) is 37.7 Å². The normalized spacial score (nSPS) is 19.6. The van der Waals surface area contributed by atoms with Crippen LogP contribution in [0.5, 0.6) is 0 Å². The van der Waals surface area contributed by atoms with Gasteiger partial charge in [-0.2, -0.15) is 0 Å². The molecule has 2 nitrogen and oxygen atoms in total. The van der Waals surface area contributed by atoms with E-state index < -0.39 is 10.8 Å². The predicted molar refractivity (Wildman–Crippen MR) is 68.9 cm³/mol. The molecule has 1 fully saturated rings. The largest absolute Gasteiger partial charge is 0.398 e. The van der Waals surface area contributed by atoms with Crippen molar-refractivity contribution < 1.29 is 4.21 Å². The minimum atomic E-state index is -0.915. The summed E-state index contributed by atoms with van der Waals surface area (Å²) in [5.74, 6) is 0. The van der Waals surface area contributed by atoms with E-state index in [-0.39, 0.29) is 0 Å². The molecule has 16 heavy (non-hydrogen) atoms. The fourth-order valence-electron chi connectivity index (χ4n) is 2.31. The third-order valence-electron chi connectivity index (χ3n) is 3.24. The van der Waals surface area contributed by atoms with Crippen molar-refractivity contribution in [1.29, 1.82) is 0 Å². The quantitative estimate of drug-likeness (QED) is 0.803. The average molecular weight is 237 g/mol. The molecule has 1 aliphatic rings. The lowest BCUT2D eigenvalue weighted by molar-refractivity contribution is 0.504. The van der Waals surface area contributed by atoms with E-state index in [0.29, 0.717) is 10.9 Å². The van der Waals surface area contributed by atoms with Crippen LogP contribution in [0.3, 0.4) is 0 Å². The number of benzene rings is 1. The summed E-state index contributed by atoms with van der Waals surface area (Å²) < 4.78 is 12.4. The standard InChI is InChI=1S/C13H19NOS/c1-10-7-8-13(12(14)9-10)16(15)11-5-3-2-4-6-11/h7-9,11H,2-6,14H2,1H3. The molecule has 88 valence electrons. The Morgan fingerprint density at radius 1 is 1.25 bits per heavy atom. The van der Waals surface area contributed by atoms with E-state index in [1.165, 1.54) is 19.3 Å². The van der Waals surface area contributed by atoms with Gasteiger partial charge in [0, 0.05) is 10.9 Å². The van der Waals surface area contributed by atoms with Gasteiger partial charge in [0.15, 0.2) is 0 Å². The van der Waals surface area contributed by atoms with Gasteiger partial charge >= 0.3 is 0 Å². The first-order chi connectivity index (χ1) is 7.68. The summed E-state index contributed by atoms with van der Waals surface area (Å²) in [6.45, 7) is 2.00. The van der Waals surface area contributed by atoms with Crippen molar-refractivity contribution in [3.8, 4) is 0 Å². The van der Waals surface area contributed by atoms with Gasteiger partial charge in [0.1, 0.15) is 0 Å². The summed E-state index contributed by atoms with van der Waals surface area (Å²) in [4.78, 5) is 0.831. The van der Waals surface area contributed by atoms with Gasteiger partial charge in [-0.3, -0.25) is 4.21 Å². The van der Waals surface area contributed by atoms with E-state index >= 15 is 0 Å². The second kappa shape index (κ2) is 5.00. The highest BCUT2D eigenvalue weighted by molar-refractivity contribution is 7.85. The van der Waals surface area contributed by atoms with Crippen LogP contribution in [0.25, 0.3) is 0 Å². The Bertz CT molecular complexity index is 397. The van der Waals surface area contributed by atoms with Crippen molar-refractivity contribution in [3.05, 3.63) is 23.8 Å². The molecule has 1 aromatic carbocycles. The van der Waals surface area contributed by atoms with E-state index in [1.54, 1.807) is 0 Å². The van der Waals surface area contributed by atoms with Crippen LogP contribution < -0.4 is 5.73 Å². The van der Waals surface area contributed by atoms with Crippen molar-refractivity contribution in [2.24, 2.45) is 0 Å². The van der Waals surface area contributed by atoms with Crippen molar-refractivity contribution in [2.75, 3.05) is 5.73 Å². The van der Waals surface area contributed by atoms with Crippen LogP contribution >= 0.6 is 0 Å².